The molecule has 1 aromatic heterocycles. The van der Waals surface area contributed by atoms with Crippen molar-refractivity contribution in [2.75, 3.05) is 0 Å². The lowest BCUT2D eigenvalue weighted by Gasteiger charge is -2.10. The fraction of sp³-hybridized carbons (Fsp3) is 0. The van der Waals surface area contributed by atoms with Crippen molar-refractivity contribution >= 4 is 39.1 Å². The minimum atomic E-state index is -4.02. The summed E-state index contributed by atoms with van der Waals surface area (Å²) in [5.41, 5.74) is 2.07. The number of halogens is 2. The highest BCUT2D eigenvalue weighted by Crippen LogP contribution is 2.17. The lowest BCUT2D eigenvalue weighted by molar-refractivity contribution is 0.0945. The molecule has 0 fully saturated rings. The van der Waals surface area contributed by atoms with Crippen molar-refractivity contribution in [3.63, 3.8) is 0 Å². The Labute approximate surface area is 169 Å². The molecular weight excluding hydrogens is 427 g/mol. The van der Waals surface area contributed by atoms with Crippen LogP contribution in [-0.2, 0) is 10.0 Å². The molecule has 1 amide bonds. The van der Waals surface area contributed by atoms with Gasteiger partial charge in [0.25, 0.3) is 21.5 Å². The lowest BCUT2D eigenvalue weighted by Crippen LogP contribution is -2.41. The molecule has 11 heteroatoms. The predicted molar refractivity (Wildman–Crippen MR) is 104 cm³/mol. The zero-order valence-corrected chi connectivity index (χ0v) is 16.3. The Morgan fingerprint density at radius 1 is 1.00 bits per heavy atom. The van der Waals surface area contributed by atoms with Crippen molar-refractivity contribution < 1.29 is 13.2 Å². The third kappa shape index (κ3) is 4.23. The fourth-order valence-electron chi connectivity index (χ4n) is 2.20. The van der Waals surface area contributed by atoms with Crippen LogP contribution in [0.3, 0.4) is 0 Å². The first-order valence-corrected chi connectivity index (χ1v) is 9.94. The number of rotatable bonds is 5. The summed E-state index contributed by atoms with van der Waals surface area (Å²) in [6.45, 7) is 0. The molecule has 1 heterocycles. The molecule has 0 aliphatic rings. The molecule has 144 valence electrons. The van der Waals surface area contributed by atoms with E-state index < -0.39 is 21.5 Å². The molecular formula is C17H12Cl2N4O4S. The van der Waals surface area contributed by atoms with Crippen molar-refractivity contribution in [3.05, 3.63) is 86.8 Å². The average Bonchev–Trinajstić information content (AvgIpc) is 2.71. The Morgan fingerprint density at radius 2 is 1.64 bits per heavy atom. The average molecular weight is 439 g/mol. The number of carbonyl (C=O) groups excluding carboxylic acids is 1. The monoisotopic (exact) mass is 438 g/mol. The van der Waals surface area contributed by atoms with Gasteiger partial charge in [-0.2, -0.15) is 9.78 Å². The summed E-state index contributed by atoms with van der Waals surface area (Å²) >= 11 is 11.5. The normalized spacial score (nSPS) is 11.2. The lowest BCUT2D eigenvalue weighted by atomic mass is 10.2. The van der Waals surface area contributed by atoms with Gasteiger partial charge >= 0.3 is 0 Å². The molecule has 3 aromatic rings. The van der Waals surface area contributed by atoms with E-state index in [1.54, 1.807) is 30.3 Å². The largest absolute Gasteiger partial charge is 0.291 e. The van der Waals surface area contributed by atoms with Crippen molar-refractivity contribution in [1.82, 2.24) is 20.0 Å². The van der Waals surface area contributed by atoms with Crippen LogP contribution in [0.25, 0.3) is 5.69 Å². The summed E-state index contributed by atoms with van der Waals surface area (Å²) in [6.07, 6.45) is 1.20. The Morgan fingerprint density at radius 3 is 2.29 bits per heavy atom. The van der Waals surface area contributed by atoms with E-state index in [-0.39, 0.29) is 20.6 Å². The molecule has 0 radical (unpaired) electrons. The highest BCUT2D eigenvalue weighted by Gasteiger charge is 2.16. The van der Waals surface area contributed by atoms with E-state index in [9.17, 15) is 18.0 Å². The van der Waals surface area contributed by atoms with Crippen molar-refractivity contribution in [1.29, 1.82) is 0 Å². The first-order valence-electron chi connectivity index (χ1n) is 7.70. The smallest absolute Gasteiger partial charge is 0.273 e. The van der Waals surface area contributed by atoms with Crippen molar-refractivity contribution in [2.45, 2.75) is 4.90 Å². The highest BCUT2D eigenvalue weighted by atomic mass is 35.5. The number of carbonyl (C=O) groups is 1. The van der Waals surface area contributed by atoms with Crippen molar-refractivity contribution in [2.24, 2.45) is 0 Å². The number of nitrogens with zero attached hydrogens (tertiary/aromatic N) is 2. The van der Waals surface area contributed by atoms with Gasteiger partial charge in [-0.25, -0.2) is 8.42 Å². The first kappa shape index (κ1) is 20.0. The third-order valence-electron chi connectivity index (χ3n) is 3.60. The number of hydrogen-bond donors (Lipinski definition) is 2. The maximum atomic E-state index is 12.3. The van der Waals surface area contributed by atoms with Gasteiger partial charge in [0, 0.05) is 5.56 Å². The molecule has 0 aliphatic carbocycles. The second-order valence-electron chi connectivity index (χ2n) is 5.44. The zero-order valence-electron chi connectivity index (χ0n) is 14.0. The van der Waals surface area contributed by atoms with Crippen LogP contribution in [-0.4, -0.2) is 24.1 Å². The summed E-state index contributed by atoms with van der Waals surface area (Å²) in [5, 5.41) is 3.68. The molecule has 2 aromatic carbocycles. The van der Waals surface area contributed by atoms with Gasteiger partial charge in [-0.05, 0) is 36.4 Å². The summed E-state index contributed by atoms with van der Waals surface area (Å²) in [7, 11) is -4.02. The quantitative estimate of drug-likeness (QED) is 0.593. The maximum absolute atomic E-state index is 12.3. The summed E-state index contributed by atoms with van der Waals surface area (Å²) in [6, 6.07) is 13.4. The topological polar surface area (TPSA) is 110 Å². The maximum Gasteiger partial charge on any atom is 0.291 e. The van der Waals surface area contributed by atoms with E-state index in [0.717, 1.165) is 4.68 Å². The molecule has 3 rings (SSSR count). The van der Waals surface area contributed by atoms with Gasteiger partial charge in [0.1, 0.15) is 5.02 Å². The minimum absolute atomic E-state index is 0.0143. The zero-order chi connectivity index (χ0) is 20.3. The number of aromatic nitrogens is 2. The Kier molecular flexibility index (Phi) is 5.80. The predicted octanol–water partition coefficient (Wildman–Crippen LogP) is 2.16. The number of hydrazine groups is 1. The van der Waals surface area contributed by atoms with E-state index in [2.05, 4.69) is 10.5 Å². The van der Waals surface area contributed by atoms with Gasteiger partial charge in [-0.15, -0.1) is 4.83 Å². The van der Waals surface area contributed by atoms with Gasteiger partial charge in [-0.3, -0.25) is 15.0 Å². The van der Waals surface area contributed by atoms with E-state index >= 15 is 0 Å². The molecule has 0 atom stereocenters. The van der Waals surface area contributed by atoms with E-state index in [1.165, 1.54) is 30.5 Å². The fourth-order valence-corrected chi connectivity index (χ4v) is 3.29. The standard InChI is InChI=1S/C17H12Cl2N4O4S/c18-14-10-20-23(17(25)15(14)19)12-6-8-13(9-7-12)28(26,27)22-21-16(24)11-4-2-1-3-5-11/h1-10,22H,(H,21,24). The molecule has 28 heavy (non-hydrogen) atoms. The Balaban J connectivity index is 1.78. The van der Waals surface area contributed by atoms with E-state index in [4.69, 9.17) is 23.2 Å². The van der Waals surface area contributed by atoms with Gasteiger partial charge in [-0.1, -0.05) is 41.4 Å². The number of benzene rings is 2. The molecule has 0 aliphatic heterocycles. The van der Waals surface area contributed by atoms with Gasteiger partial charge < -0.3 is 0 Å². The van der Waals surface area contributed by atoms with Crippen LogP contribution in [0.5, 0.6) is 0 Å². The molecule has 8 nitrogen and oxygen atoms in total. The van der Waals surface area contributed by atoms with Crippen LogP contribution in [0.2, 0.25) is 10.0 Å². The number of hydrogen-bond acceptors (Lipinski definition) is 5. The van der Waals surface area contributed by atoms with Crippen LogP contribution in [0.1, 0.15) is 10.4 Å². The Bertz CT molecular complexity index is 1180. The number of nitrogens with one attached hydrogen (secondary N) is 2. The van der Waals surface area contributed by atoms with E-state index in [1.807, 2.05) is 4.83 Å². The van der Waals surface area contributed by atoms with Gasteiger partial charge in [0.2, 0.25) is 0 Å². The molecule has 0 saturated carbocycles. The van der Waals surface area contributed by atoms with E-state index in [0.29, 0.717) is 5.56 Å². The third-order valence-corrected chi connectivity index (χ3v) is 5.61. The van der Waals surface area contributed by atoms with Crippen LogP contribution < -0.4 is 15.8 Å². The van der Waals surface area contributed by atoms with Crippen molar-refractivity contribution in [3.8, 4) is 5.69 Å². The highest BCUT2D eigenvalue weighted by molar-refractivity contribution is 7.89. The van der Waals surface area contributed by atoms with Crippen LogP contribution >= 0.6 is 23.2 Å². The van der Waals surface area contributed by atoms with Gasteiger partial charge in [0.15, 0.2) is 0 Å². The van der Waals surface area contributed by atoms with Crippen LogP contribution in [0.4, 0.5) is 0 Å². The summed E-state index contributed by atoms with van der Waals surface area (Å²) in [5.74, 6) is -0.604. The first-order chi connectivity index (χ1) is 13.3. The van der Waals surface area contributed by atoms with Crippen LogP contribution in [0, 0.1) is 0 Å². The molecule has 2 N–H and O–H groups in total. The minimum Gasteiger partial charge on any atom is -0.273 e. The van der Waals surface area contributed by atoms with Crippen LogP contribution in [0.15, 0.2) is 70.5 Å². The molecule has 0 spiro atoms. The molecule has 0 bridgehead atoms. The molecule has 0 saturated heterocycles. The molecule has 0 unspecified atom stereocenters. The summed E-state index contributed by atoms with van der Waals surface area (Å²) < 4.78 is 25.6. The number of amides is 1. The summed E-state index contributed by atoms with van der Waals surface area (Å²) in [4.78, 5) is 25.9. The Hall–Kier alpha value is -2.72. The second kappa shape index (κ2) is 8.11. The number of sulfonamides is 1. The van der Waals surface area contributed by atoms with Gasteiger partial charge in [0.05, 0.1) is 21.8 Å². The second-order valence-corrected chi connectivity index (χ2v) is 7.91. The SMILES string of the molecule is O=C(NNS(=O)(=O)c1ccc(-n2ncc(Cl)c(Cl)c2=O)cc1)c1ccccc1.